The lowest BCUT2D eigenvalue weighted by Gasteiger charge is -2.14. The predicted octanol–water partition coefficient (Wildman–Crippen LogP) is 3.33. The summed E-state index contributed by atoms with van der Waals surface area (Å²) in [4.78, 5) is 15.8. The molecule has 0 amide bonds. The fourth-order valence-corrected chi connectivity index (χ4v) is 1.65. The number of carbonyl (C=O) groups excluding carboxylic acids is 1. The molecule has 1 aromatic heterocycles. The first-order valence-corrected chi connectivity index (χ1v) is 6.02. The van der Waals surface area contributed by atoms with E-state index in [1.165, 1.54) is 6.20 Å². The second-order valence-electron chi connectivity index (χ2n) is 4.39. The van der Waals surface area contributed by atoms with Crippen molar-refractivity contribution in [2.45, 2.75) is 12.3 Å². The number of hydrogen-bond donors (Lipinski definition) is 0. The standard InChI is InChI=1S/C14H11F4NO2/c15-13(16)14(17,18)8-21-7-12(20)10-5-9-3-1-2-4-11(9)19-6-10/h1-6,13H,7-8H2. The molecule has 1 aromatic carbocycles. The monoisotopic (exact) mass is 301 g/mol. The Morgan fingerprint density at radius 1 is 1.29 bits per heavy atom. The molecule has 1 heterocycles. The highest BCUT2D eigenvalue weighted by Crippen LogP contribution is 2.23. The van der Waals surface area contributed by atoms with Crippen LogP contribution in [0.25, 0.3) is 10.9 Å². The first-order chi connectivity index (χ1) is 9.90. The van der Waals surface area contributed by atoms with Gasteiger partial charge < -0.3 is 4.74 Å². The molecule has 112 valence electrons. The van der Waals surface area contributed by atoms with Crippen molar-refractivity contribution < 1.29 is 27.1 Å². The third kappa shape index (κ3) is 3.75. The lowest BCUT2D eigenvalue weighted by molar-refractivity contribution is -0.163. The number of carbonyl (C=O) groups is 1. The van der Waals surface area contributed by atoms with Crippen LogP contribution in [-0.4, -0.2) is 36.3 Å². The van der Waals surface area contributed by atoms with Crippen LogP contribution in [0.4, 0.5) is 17.6 Å². The zero-order chi connectivity index (χ0) is 15.5. The maximum Gasteiger partial charge on any atom is 0.330 e. The average molecular weight is 301 g/mol. The Balaban J connectivity index is 1.99. The van der Waals surface area contributed by atoms with E-state index in [1.54, 1.807) is 30.3 Å². The molecule has 3 nitrogen and oxygen atoms in total. The summed E-state index contributed by atoms with van der Waals surface area (Å²) >= 11 is 0. The van der Waals surface area contributed by atoms with Crippen LogP contribution in [-0.2, 0) is 4.74 Å². The second-order valence-corrected chi connectivity index (χ2v) is 4.39. The zero-order valence-corrected chi connectivity index (χ0v) is 10.7. The highest BCUT2D eigenvalue weighted by atomic mass is 19.3. The average Bonchev–Trinajstić information content (AvgIpc) is 2.46. The molecule has 0 unspecified atom stereocenters. The quantitative estimate of drug-likeness (QED) is 0.607. The number of fused-ring (bicyclic) bond motifs is 1. The highest BCUT2D eigenvalue weighted by Gasteiger charge is 2.41. The van der Waals surface area contributed by atoms with E-state index in [9.17, 15) is 22.4 Å². The van der Waals surface area contributed by atoms with E-state index in [4.69, 9.17) is 0 Å². The first kappa shape index (κ1) is 15.4. The second kappa shape index (κ2) is 6.17. The van der Waals surface area contributed by atoms with Crippen LogP contribution in [0.15, 0.2) is 36.5 Å². The number of ketones is 1. The van der Waals surface area contributed by atoms with Crippen molar-refractivity contribution in [3.63, 3.8) is 0 Å². The van der Waals surface area contributed by atoms with Crippen molar-refractivity contribution in [3.8, 4) is 0 Å². The molecule has 0 aliphatic carbocycles. The first-order valence-electron chi connectivity index (χ1n) is 6.02. The highest BCUT2D eigenvalue weighted by molar-refractivity contribution is 5.99. The number of aromatic nitrogens is 1. The van der Waals surface area contributed by atoms with Crippen molar-refractivity contribution in [3.05, 3.63) is 42.1 Å². The SMILES string of the molecule is O=C(COCC(F)(F)C(F)F)c1cnc2ccccc2c1. The van der Waals surface area contributed by atoms with Crippen LogP contribution in [0, 0.1) is 0 Å². The summed E-state index contributed by atoms with van der Waals surface area (Å²) in [5.41, 5.74) is 0.855. The summed E-state index contributed by atoms with van der Waals surface area (Å²) in [5.74, 6) is -4.86. The Morgan fingerprint density at radius 2 is 2.00 bits per heavy atom. The number of benzene rings is 1. The predicted molar refractivity (Wildman–Crippen MR) is 67.8 cm³/mol. The number of ether oxygens (including phenoxy) is 1. The Bertz CT molecular complexity index is 646. The zero-order valence-electron chi connectivity index (χ0n) is 10.7. The van der Waals surface area contributed by atoms with E-state index in [1.807, 2.05) is 0 Å². The normalized spacial score (nSPS) is 12.0. The van der Waals surface area contributed by atoms with Crippen LogP contribution in [0.3, 0.4) is 0 Å². The molecule has 0 aliphatic rings. The van der Waals surface area contributed by atoms with Crippen molar-refractivity contribution in [1.82, 2.24) is 4.98 Å². The van der Waals surface area contributed by atoms with Crippen molar-refractivity contribution >= 4 is 16.7 Å². The summed E-state index contributed by atoms with van der Waals surface area (Å²) < 4.78 is 53.4. The van der Waals surface area contributed by atoms with Gasteiger partial charge in [-0.3, -0.25) is 9.78 Å². The summed E-state index contributed by atoms with van der Waals surface area (Å²) in [6, 6.07) is 8.58. The van der Waals surface area contributed by atoms with E-state index in [2.05, 4.69) is 9.72 Å². The minimum Gasteiger partial charge on any atom is -0.367 e. The molecule has 0 radical (unpaired) electrons. The Morgan fingerprint density at radius 3 is 2.71 bits per heavy atom. The van der Waals surface area contributed by atoms with Crippen LogP contribution in [0.2, 0.25) is 0 Å². The van der Waals surface area contributed by atoms with Gasteiger partial charge in [0.15, 0.2) is 5.78 Å². The molecule has 7 heteroatoms. The smallest absolute Gasteiger partial charge is 0.330 e. The molecule has 21 heavy (non-hydrogen) atoms. The van der Waals surface area contributed by atoms with Gasteiger partial charge in [0, 0.05) is 17.1 Å². The molecule has 0 bridgehead atoms. The molecule has 0 aliphatic heterocycles. The number of para-hydroxylation sites is 1. The van der Waals surface area contributed by atoms with E-state index in [0.29, 0.717) is 10.9 Å². The molecule has 2 aromatic rings. The third-order valence-corrected chi connectivity index (χ3v) is 2.76. The van der Waals surface area contributed by atoms with E-state index in [0.717, 1.165) is 0 Å². The molecule has 0 N–H and O–H groups in total. The van der Waals surface area contributed by atoms with Gasteiger partial charge in [-0.15, -0.1) is 0 Å². The van der Waals surface area contributed by atoms with Gasteiger partial charge in [-0.05, 0) is 12.1 Å². The molecule has 0 atom stereocenters. The van der Waals surface area contributed by atoms with Gasteiger partial charge in [0.25, 0.3) is 0 Å². The molecular weight excluding hydrogens is 290 g/mol. The molecule has 0 spiro atoms. The number of hydrogen-bond acceptors (Lipinski definition) is 3. The topological polar surface area (TPSA) is 39.2 Å². The van der Waals surface area contributed by atoms with Gasteiger partial charge in [-0.25, -0.2) is 8.78 Å². The number of rotatable bonds is 6. The third-order valence-electron chi connectivity index (χ3n) is 2.76. The molecule has 0 saturated carbocycles. The van der Waals surface area contributed by atoms with Crippen LogP contribution in [0.1, 0.15) is 10.4 Å². The minimum absolute atomic E-state index is 0.175. The maximum atomic E-state index is 12.6. The lowest BCUT2D eigenvalue weighted by Crippen LogP contribution is -2.33. The summed E-state index contributed by atoms with van der Waals surface area (Å²) in [5, 5.41) is 0.710. The summed E-state index contributed by atoms with van der Waals surface area (Å²) in [6.45, 7) is -2.21. The van der Waals surface area contributed by atoms with Crippen molar-refractivity contribution in [2.75, 3.05) is 13.2 Å². The van der Waals surface area contributed by atoms with Gasteiger partial charge in [0.05, 0.1) is 5.52 Å². The van der Waals surface area contributed by atoms with Gasteiger partial charge in [-0.1, -0.05) is 18.2 Å². The van der Waals surface area contributed by atoms with Gasteiger partial charge >= 0.3 is 12.3 Å². The van der Waals surface area contributed by atoms with E-state index in [-0.39, 0.29) is 5.56 Å². The fraction of sp³-hybridized carbons (Fsp3) is 0.286. The Labute approximate surface area is 117 Å². The van der Waals surface area contributed by atoms with Gasteiger partial charge in [0.1, 0.15) is 13.2 Å². The number of nitrogens with zero attached hydrogens (tertiary/aromatic N) is 1. The number of pyridine rings is 1. The minimum atomic E-state index is -4.26. The van der Waals surface area contributed by atoms with Gasteiger partial charge in [0.2, 0.25) is 0 Å². The van der Waals surface area contributed by atoms with Crippen LogP contribution >= 0.6 is 0 Å². The molecule has 0 fully saturated rings. The lowest BCUT2D eigenvalue weighted by atomic mass is 10.1. The molecule has 2 rings (SSSR count). The summed E-state index contributed by atoms with van der Waals surface area (Å²) in [6.07, 6.45) is -2.53. The number of alkyl halides is 4. The Hall–Kier alpha value is -2.02. The van der Waals surface area contributed by atoms with Gasteiger partial charge in [-0.2, -0.15) is 8.78 Å². The largest absolute Gasteiger partial charge is 0.367 e. The van der Waals surface area contributed by atoms with Crippen molar-refractivity contribution in [1.29, 1.82) is 0 Å². The Kier molecular flexibility index (Phi) is 4.52. The summed E-state index contributed by atoms with van der Waals surface area (Å²) in [7, 11) is 0. The van der Waals surface area contributed by atoms with Crippen molar-refractivity contribution in [2.24, 2.45) is 0 Å². The van der Waals surface area contributed by atoms with E-state index >= 15 is 0 Å². The van der Waals surface area contributed by atoms with Crippen LogP contribution in [0.5, 0.6) is 0 Å². The molecular formula is C14H11F4NO2. The number of halogens is 4. The maximum absolute atomic E-state index is 12.6. The van der Waals surface area contributed by atoms with Crippen LogP contribution < -0.4 is 0 Å². The fourth-order valence-electron chi connectivity index (χ4n) is 1.65. The molecule has 0 saturated heterocycles. The number of Topliss-reactive ketones (excluding diaryl/α,β-unsaturated/α-hetero) is 1. The van der Waals surface area contributed by atoms with E-state index < -0.39 is 31.3 Å².